The van der Waals surface area contributed by atoms with Gasteiger partial charge in [-0.25, -0.2) is 0 Å². The van der Waals surface area contributed by atoms with E-state index >= 15 is 0 Å². The van der Waals surface area contributed by atoms with Crippen LogP contribution in [0.15, 0.2) is 24.3 Å². The largest absolute Gasteiger partial charge is 0.480 e. The monoisotopic (exact) mass is 360 g/mol. The summed E-state index contributed by atoms with van der Waals surface area (Å²) < 4.78 is 5.36. The molecule has 6 heteroatoms. The van der Waals surface area contributed by atoms with Crippen molar-refractivity contribution in [3.8, 4) is 0 Å². The minimum atomic E-state index is -1.29. The summed E-state index contributed by atoms with van der Waals surface area (Å²) in [5.41, 5.74) is 0.543. The Balaban J connectivity index is 1.63. The highest BCUT2D eigenvalue weighted by Gasteiger charge is 2.45. The van der Waals surface area contributed by atoms with Gasteiger partial charge in [-0.3, -0.25) is 14.5 Å². The van der Waals surface area contributed by atoms with E-state index in [2.05, 4.69) is 10.2 Å². The lowest BCUT2D eigenvalue weighted by atomic mass is 9.79. The van der Waals surface area contributed by atoms with Gasteiger partial charge in [0.1, 0.15) is 5.41 Å². The highest BCUT2D eigenvalue weighted by Crippen LogP contribution is 2.36. The number of hydrogen-bond acceptors (Lipinski definition) is 4. The first-order chi connectivity index (χ1) is 12.6. The Bertz CT molecular complexity index is 615. The van der Waals surface area contributed by atoms with Crippen molar-refractivity contribution < 1.29 is 19.4 Å². The van der Waals surface area contributed by atoms with Crippen LogP contribution in [0.4, 0.5) is 5.69 Å². The van der Waals surface area contributed by atoms with Crippen molar-refractivity contribution >= 4 is 17.6 Å². The van der Waals surface area contributed by atoms with E-state index in [0.717, 1.165) is 58.5 Å². The van der Waals surface area contributed by atoms with Crippen LogP contribution in [0.25, 0.3) is 0 Å². The van der Waals surface area contributed by atoms with Gasteiger partial charge in [0.2, 0.25) is 5.91 Å². The molecule has 0 radical (unpaired) electrons. The molecule has 1 aliphatic heterocycles. The normalized spacial score (nSPS) is 20.9. The molecule has 1 saturated carbocycles. The number of nitrogens with zero attached hydrogens (tertiary/aromatic N) is 1. The van der Waals surface area contributed by atoms with Crippen LogP contribution in [0.5, 0.6) is 0 Å². The molecule has 0 atom stereocenters. The summed E-state index contributed by atoms with van der Waals surface area (Å²) >= 11 is 0. The van der Waals surface area contributed by atoms with Crippen molar-refractivity contribution in [2.24, 2.45) is 5.41 Å². The Labute approximate surface area is 154 Å². The van der Waals surface area contributed by atoms with E-state index in [1.807, 2.05) is 24.3 Å². The zero-order valence-corrected chi connectivity index (χ0v) is 15.2. The average molecular weight is 360 g/mol. The topological polar surface area (TPSA) is 78.9 Å². The van der Waals surface area contributed by atoms with Gasteiger partial charge in [0.25, 0.3) is 0 Å². The van der Waals surface area contributed by atoms with Crippen molar-refractivity contribution in [1.29, 1.82) is 0 Å². The van der Waals surface area contributed by atoms with Crippen LogP contribution in [-0.4, -0.2) is 48.2 Å². The number of carboxylic acids is 1. The predicted octanol–water partition coefficient (Wildman–Crippen LogP) is 2.88. The zero-order chi connectivity index (χ0) is 18.4. The van der Waals surface area contributed by atoms with Crippen LogP contribution in [0.1, 0.15) is 44.1 Å². The third-order valence-corrected chi connectivity index (χ3v) is 5.52. The highest BCUT2D eigenvalue weighted by atomic mass is 16.5. The Morgan fingerprint density at radius 2 is 1.65 bits per heavy atom. The maximum atomic E-state index is 12.8. The van der Waals surface area contributed by atoms with Crippen LogP contribution in [-0.2, 0) is 20.9 Å². The molecule has 26 heavy (non-hydrogen) atoms. The molecule has 142 valence electrons. The minimum absolute atomic E-state index is 0.382. The fourth-order valence-electron chi connectivity index (χ4n) is 3.83. The van der Waals surface area contributed by atoms with Crippen molar-refractivity contribution in [2.75, 3.05) is 31.6 Å². The fraction of sp³-hybridized carbons (Fsp3) is 0.600. The number of carboxylic acid groups (broad SMARTS) is 1. The zero-order valence-electron chi connectivity index (χ0n) is 15.2. The summed E-state index contributed by atoms with van der Waals surface area (Å²) in [6.45, 7) is 4.26. The lowest BCUT2D eigenvalue weighted by molar-refractivity contribution is -0.155. The number of hydrogen-bond donors (Lipinski definition) is 2. The number of rotatable bonds is 5. The van der Waals surface area contributed by atoms with Gasteiger partial charge in [0.05, 0.1) is 13.2 Å². The molecule has 1 amide bonds. The predicted molar refractivity (Wildman–Crippen MR) is 98.9 cm³/mol. The molecule has 0 bridgehead atoms. The molecular weight excluding hydrogens is 332 g/mol. The first-order valence-electron chi connectivity index (χ1n) is 9.54. The second kappa shape index (κ2) is 8.64. The van der Waals surface area contributed by atoms with Crippen molar-refractivity contribution in [3.05, 3.63) is 29.8 Å². The molecule has 2 fully saturated rings. The number of benzene rings is 1. The van der Waals surface area contributed by atoms with Crippen molar-refractivity contribution in [3.63, 3.8) is 0 Å². The van der Waals surface area contributed by atoms with Gasteiger partial charge < -0.3 is 15.2 Å². The summed E-state index contributed by atoms with van der Waals surface area (Å²) in [6.07, 6.45) is 4.42. The van der Waals surface area contributed by atoms with E-state index < -0.39 is 11.4 Å². The maximum absolute atomic E-state index is 12.8. The second-order valence-electron chi connectivity index (χ2n) is 7.34. The van der Waals surface area contributed by atoms with Gasteiger partial charge in [0, 0.05) is 25.3 Å². The number of carbonyl (C=O) groups is 2. The highest BCUT2D eigenvalue weighted by molar-refractivity contribution is 6.08. The SMILES string of the molecule is O=C(O)C1(C(=O)Nc2ccc(CN3CCOCC3)cc2)CCCCCC1. The smallest absolute Gasteiger partial charge is 0.319 e. The maximum Gasteiger partial charge on any atom is 0.319 e. The number of nitrogens with one attached hydrogen (secondary N) is 1. The number of anilines is 1. The van der Waals surface area contributed by atoms with Crippen molar-refractivity contribution in [1.82, 2.24) is 4.90 Å². The number of aliphatic carboxylic acids is 1. The van der Waals surface area contributed by atoms with Crippen LogP contribution >= 0.6 is 0 Å². The van der Waals surface area contributed by atoms with E-state index in [9.17, 15) is 14.7 Å². The Morgan fingerprint density at radius 3 is 2.23 bits per heavy atom. The lowest BCUT2D eigenvalue weighted by Gasteiger charge is -2.27. The second-order valence-corrected chi connectivity index (χ2v) is 7.34. The van der Waals surface area contributed by atoms with Gasteiger partial charge >= 0.3 is 5.97 Å². The molecule has 1 aliphatic carbocycles. The van der Waals surface area contributed by atoms with Crippen LogP contribution in [0.2, 0.25) is 0 Å². The van der Waals surface area contributed by atoms with Gasteiger partial charge in [-0.15, -0.1) is 0 Å². The number of morpholine rings is 1. The molecule has 1 heterocycles. The van der Waals surface area contributed by atoms with E-state index in [0.29, 0.717) is 18.5 Å². The number of amides is 1. The summed E-state index contributed by atoms with van der Waals surface area (Å²) in [7, 11) is 0. The summed E-state index contributed by atoms with van der Waals surface area (Å²) in [4.78, 5) is 27.0. The molecule has 0 aromatic heterocycles. The molecule has 3 rings (SSSR count). The van der Waals surface area contributed by atoms with E-state index in [-0.39, 0.29) is 5.91 Å². The Kier molecular flexibility index (Phi) is 6.27. The van der Waals surface area contributed by atoms with Gasteiger partial charge in [-0.1, -0.05) is 37.8 Å². The lowest BCUT2D eigenvalue weighted by Crippen LogP contribution is -2.42. The molecule has 1 saturated heterocycles. The fourth-order valence-corrected chi connectivity index (χ4v) is 3.83. The van der Waals surface area contributed by atoms with Crippen molar-refractivity contribution in [2.45, 2.75) is 45.1 Å². The quantitative estimate of drug-likeness (QED) is 0.623. The molecule has 0 spiro atoms. The molecule has 1 aromatic carbocycles. The first-order valence-corrected chi connectivity index (χ1v) is 9.54. The Morgan fingerprint density at radius 1 is 1.04 bits per heavy atom. The summed E-state index contributed by atoms with van der Waals surface area (Å²) in [6, 6.07) is 7.71. The summed E-state index contributed by atoms with van der Waals surface area (Å²) in [5.74, 6) is -1.38. The Hall–Kier alpha value is -1.92. The molecule has 6 nitrogen and oxygen atoms in total. The van der Waals surface area contributed by atoms with Crippen LogP contribution in [0.3, 0.4) is 0 Å². The number of ether oxygens (including phenoxy) is 1. The first kappa shape index (κ1) is 18.9. The van der Waals surface area contributed by atoms with Gasteiger partial charge in [0.15, 0.2) is 0 Å². The molecule has 2 N–H and O–H groups in total. The molecule has 2 aliphatic rings. The number of carbonyl (C=O) groups excluding carboxylic acids is 1. The van der Waals surface area contributed by atoms with Gasteiger partial charge in [-0.2, -0.15) is 0 Å². The molecule has 0 unspecified atom stereocenters. The standard InChI is InChI=1S/C20H28N2O4/c23-18(20(19(24)25)9-3-1-2-4-10-20)21-17-7-5-16(6-8-17)15-22-11-13-26-14-12-22/h5-8H,1-4,9-15H2,(H,21,23)(H,24,25). The molecule has 1 aromatic rings. The third kappa shape index (κ3) is 4.43. The summed E-state index contributed by atoms with van der Waals surface area (Å²) in [5, 5.41) is 12.6. The third-order valence-electron chi connectivity index (χ3n) is 5.52. The van der Waals surface area contributed by atoms with Crippen LogP contribution in [0, 0.1) is 5.41 Å². The van der Waals surface area contributed by atoms with E-state index in [1.54, 1.807) is 0 Å². The molecular formula is C20H28N2O4. The van der Waals surface area contributed by atoms with Gasteiger partial charge in [-0.05, 0) is 30.5 Å². The van der Waals surface area contributed by atoms with Crippen LogP contribution < -0.4 is 5.32 Å². The minimum Gasteiger partial charge on any atom is -0.480 e. The average Bonchev–Trinajstić information content (AvgIpc) is 2.91. The van der Waals surface area contributed by atoms with E-state index in [4.69, 9.17) is 4.74 Å². The van der Waals surface area contributed by atoms with E-state index in [1.165, 1.54) is 5.56 Å².